The number of nitrogens with one attached hydrogen (secondary N) is 2. The van der Waals surface area contributed by atoms with Crippen molar-refractivity contribution in [3.8, 4) is 5.75 Å². The molecule has 0 amide bonds. The Morgan fingerprint density at radius 2 is 2.05 bits per heavy atom. The molecule has 5 N–H and O–H groups in total. The molecule has 0 spiro atoms. The van der Waals surface area contributed by atoms with Crippen molar-refractivity contribution in [1.29, 1.82) is 0 Å². The maximum atomic E-state index is 16.2. The van der Waals surface area contributed by atoms with Gasteiger partial charge in [0.15, 0.2) is 35.0 Å². The van der Waals surface area contributed by atoms with E-state index in [1.807, 2.05) is 0 Å². The summed E-state index contributed by atoms with van der Waals surface area (Å²) in [4.78, 5) is 25.1. The second kappa shape index (κ2) is 10.9. The minimum absolute atomic E-state index is 0.0657. The molecule has 1 aromatic carbocycles. The number of nitrogens with two attached hydrogens (primary N) is 1. The van der Waals surface area contributed by atoms with E-state index in [0.29, 0.717) is 17.1 Å². The highest BCUT2D eigenvalue weighted by molar-refractivity contribution is 8.09. The normalized spacial score (nSPS) is 29.1. The molecular formula is C24H30ClFN7O6PS. The van der Waals surface area contributed by atoms with E-state index in [-0.39, 0.29) is 23.6 Å². The van der Waals surface area contributed by atoms with Gasteiger partial charge in [0.25, 0.3) is 0 Å². The van der Waals surface area contributed by atoms with Gasteiger partial charge in [-0.1, -0.05) is 18.2 Å². The summed E-state index contributed by atoms with van der Waals surface area (Å²) >= 11 is 12.0. The predicted molar refractivity (Wildman–Crippen MR) is 153 cm³/mol. The van der Waals surface area contributed by atoms with Gasteiger partial charge in [-0.15, -0.1) is 11.6 Å². The highest BCUT2D eigenvalue weighted by atomic mass is 35.5. The highest BCUT2D eigenvalue weighted by Gasteiger charge is 2.89. The van der Waals surface area contributed by atoms with Gasteiger partial charge in [0, 0.05) is 7.05 Å². The number of carbonyl (C=O) groups excluding carboxylic acids is 1. The van der Waals surface area contributed by atoms with Gasteiger partial charge < -0.3 is 30.2 Å². The third kappa shape index (κ3) is 5.03. The molecule has 1 saturated heterocycles. The van der Waals surface area contributed by atoms with Gasteiger partial charge in [0.2, 0.25) is 5.95 Å². The number of anilines is 2. The molecule has 1 saturated carbocycles. The molecule has 3 heterocycles. The Balaban J connectivity index is 1.44. The van der Waals surface area contributed by atoms with Crippen LogP contribution >= 0.6 is 18.2 Å². The largest absolute Gasteiger partial charge is 0.462 e. The number of nitrogen functional groups attached to an aromatic ring is 1. The molecule has 1 aliphatic carbocycles. The lowest BCUT2D eigenvalue weighted by atomic mass is 10.1. The summed E-state index contributed by atoms with van der Waals surface area (Å²) < 4.78 is 41.0. The lowest BCUT2D eigenvalue weighted by Gasteiger charge is -2.29. The minimum atomic E-state index is -3.65. The molecule has 2 aromatic heterocycles. The van der Waals surface area contributed by atoms with Gasteiger partial charge in [-0.2, -0.15) is 9.97 Å². The topological polar surface area (TPSA) is 168 Å². The number of alkyl halides is 2. The van der Waals surface area contributed by atoms with E-state index < -0.39 is 48.4 Å². The van der Waals surface area contributed by atoms with Crippen LogP contribution in [0.3, 0.4) is 0 Å². The van der Waals surface area contributed by atoms with Crippen molar-refractivity contribution < 1.29 is 32.8 Å². The predicted octanol–water partition coefficient (Wildman–Crippen LogP) is 2.66. The van der Waals surface area contributed by atoms with Crippen LogP contribution in [0.1, 0.15) is 27.0 Å². The van der Waals surface area contributed by atoms with E-state index in [0.717, 1.165) is 0 Å². The van der Waals surface area contributed by atoms with E-state index in [1.54, 1.807) is 51.2 Å². The molecule has 7 atom stereocenters. The van der Waals surface area contributed by atoms with Crippen LogP contribution in [0.5, 0.6) is 5.75 Å². The molecule has 2 unspecified atom stereocenters. The number of para-hydroxylation sites is 1. The number of rotatable bonds is 11. The Kier molecular flexibility index (Phi) is 7.92. The van der Waals surface area contributed by atoms with E-state index in [4.69, 9.17) is 47.7 Å². The molecule has 0 radical (unpaired) electrons. The number of aliphatic hydroxyl groups is 1. The average Bonchev–Trinajstić information content (AvgIpc) is 3.16. The third-order valence-electron chi connectivity index (χ3n) is 6.84. The van der Waals surface area contributed by atoms with Gasteiger partial charge in [-0.05, 0) is 44.7 Å². The summed E-state index contributed by atoms with van der Waals surface area (Å²) in [5, 5.41) is 17.4. The van der Waals surface area contributed by atoms with Crippen LogP contribution in [0.15, 0.2) is 36.7 Å². The van der Waals surface area contributed by atoms with Gasteiger partial charge >= 0.3 is 12.6 Å². The van der Waals surface area contributed by atoms with Crippen molar-refractivity contribution in [3.63, 3.8) is 0 Å². The van der Waals surface area contributed by atoms with Crippen LogP contribution in [-0.2, 0) is 30.6 Å². The zero-order valence-corrected chi connectivity index (χ0v) is 25.0. The van der Waals surface area contributed by atoms with Crippen LogP contribution in [0, 0.1) is 0 Å². The van der Waals surface area contributed by atoms with Gasteiger partial charge in [-0.25, -0.2) is 14.5 Å². The number of imidazole rings is 1. The number of ether oxygens (including phenoxy) is 2. The first-order chi connectivity index (χ1) is 19.4. The molecule has 41 heavy (non-hydrogen) atoms. The molecule has 17 heteroatoms. The number of hydrogen-bond donors (Lipinski definition) is 4. The molecule has 0 bridgehead atoms. The standard InChI is InChI=1S/C24H30ClFN7O6PS/c1-12(2)36-20(34)13(3)32-40(41,38-14-8-6-5-7-9-14)39-21-23(10-25)24(21,35)16(26)19(37-23)33-11-29-15-17(28-4)30-22(27)31-18(15)33/h5-9,11-13,16,19,21,35H,10H2,1-4H3,(H,32,41)(H3,27,28,30,31)/t13-,16-,19+,21?,23+,24+,40?/m0/s1. The Morgan fingerprint density at radius 3 is 2.66 bits per heavy atom. The Labute approximate surface area is 245 Å². The smallest absolute Gasteiger partial charge is 0.323 e. The van der Waals surface area contributed by atoms with Crippen molar-refractivity contribution in [1.82, 2.24) is 24.6 Å². The number of nitrogens with zero attached hydrogens (tertiary/aromatic N) is 4. The van der Waals surface area contributed by atoms with Crippen molar-refractivity contribution in [2.45, 2.75) is 62.6 Å². The fraction of sp³-hybridized carbons (Fsp3) is 0.500. The molecule has 1 aliphatic heterocycles. The summed E-state index contributed by atoms with van der Waals surface area (Å²) in [7, 11) is 1.63. The van der Waals surface area contributed by atoms with Crippen LogP contribution in [0.4, 0.5) is 16.2 Å². The summed E-state index contributed by atoms with van der Waals surface area (Å²) in [6.07, 6.45) is -3.82. The molecule has 2 aliphatic rings. The lowest BCUT2D eigenvalue weighted by Crippen LogP contribution is -2.38. The average molecular weight is 630 g/mol. The minimum Gasteiger partial charge on any atom is -0.462 e. The first kappa shape index (κ1) is 29.8. The fourth-order valence-corrected chi connectivity index (χ4v) is 7.99. The number of fused-ring (bicyclic) bond motifs is 2. The monoisotopic (exact) mass is 629 g/mol. The van der Waals surface area contributed by atoms with E-state index in [9.17, 15) is 9.90 Å². The van der Waals surface area contributed by atoms with Crippen LogP contribution in [0.25, 0.3) is 11.2 Å². The zero-order chi connectivity index (χ0) is 29.7. The van der Waals surface area contributed by atoms with Crippen LogP contribution in [0.2, 0.25) is 0 Å². The van der Waals surface area contributed by atoms with E-state index in [1.165, 1.54) is 17.8 Å². The first-order valence-electron chi connectivity index (χ1n) is 12.7. The van der Waals surface area contributed by atoms with Gasteiger partial charge in [0.1, 0.15) is 23.5 Å². The number of hydrogen-bond acceptors (Lipinski definition) is 12. The van der Waals surface area contributed by atoms with Crippen LogP contribution in [-0.4, -0.2) is 79.1 Å². The van der Waals surface area contributed by atoms with Crippen molar-refractivity contribution >= 4 is 58.9 Å². The quantitative estimate of drug-likeness (QED) is 0.139. The van der Waals surface area contributed by atoms with Crippen molar-refractivity contribution in [3.05, 3.63) is 36.7 Å². The second-order valence-corrected chi connectivity index (χ2v) is 13.3. The second-order valence-electron chi connectivity index (χ2n) is 9.99. The number of benzene rings is 1. The number of esters is 1. The Morgan fingerprint density at radius 1 is 1.34 bits per heavy atom. The number of carbonyl (C=O) groups is 1. The highest BCUT2D eigenvalue weighted by Crippen LogP contribution is 2.69. The molecule has 5 rings (SSSR count). The molecule has 222 valence electrons. The fourth-order valence-electron chi connectivity index (χ4n) is 4.83. The number of aromatic nitrogens is 4. The summed E-state index contributed by atoms with van der Waals surface area (Å²) in [5.74, 6) is -0.327. The Hall–Kier alpha value is -2.65. The van der Waals surface area contributed by atoms with E-state index >= 15 is 4.39 Å². The van der Waals surface area contributed by atoms with E-state index in [2.05, 4.69) is 25.4 Å². The zero-order valence-electron chi connectivity index (χ0n) is 22.5. The molecule has 2 fully saturated rings. The maximum absolute atomic E-state index is 16.2. The first-order valence-corrected chi connectivity index (χ1v) is 15.9. The Bertz CT molecular complexity index is 1500. The summed E-state index contributed by atoms with van der Waals surface area (Å²) in [6.45, 7) is 1.30. The number of halogens is 2. The van der Waals surface area contributed by atoms with Crippen molar-refractivity contribution in [2.75, 3.05) is 24.0 Å². The molecular weight excluding hydrogens is 600 g/mol. The summed E-state index contributed by atoms with van der Waals surface area (Å²) in [6, 6.07) is 7.56. The maximum Gasteiger partial charge on any atom is 0.323 e. The lowest BCUT2D eigenvalue weighted by molar-refractivity contribution is -0.149. The summed E-state index contributed by atoms with van der Waals surface area (Å²) in [5.41, 5.74) is 2.43. The van der Waals surface area contributed by atoms with Crippen LogP contribution < -0.4 is 20.7 Å². The molecule has 3 aromatic rings. The SMILES string of the molecule is CNc1nc(N)nc2c1ncn2[C@@H]1O[C@]2(CCl)C(OP(=S)(N[C@@H](C)C(=O)OC(C)C)Oc3ccccc3)[C@]2(O)[C@H]1F. The van der Waals surface area contributed by atoms with Crippen molar-refractivity contribution in [2.24, 2.45) is 0 Å². The third-order valence-corrected chi connectivity index (χ3v) is 9.68. The molecule has 13 nitrogen and oxygen atoms in total. The van der Waals surface area contributed by atoms with Gasteiger partial charge in [0.05, 0.1) is 18.3 Å². The van der Waals surface area contributed by atoms with Gasteiger partial charge in [-0.3, -0.25) is 13.9 Å².